The SMILES string of the molecule is C=C(/C=C\C(=C/C)C(O)(C(F)(F)F)C(F)(F)F)c1ccc(CN2CCN(Cc3ccncc3)[C@H](CC(=O)NC(C)C)C2)cc1. The van der Waals surface area contributed by atoms with Crippen molar-refractivity contribution in [3.05, 3.63) is 95.9 Å². The van der Waals surface area contributed by atoms with Crippen LogP contribution in [0.15, 0.2) is 79.2 Å². The van der Waals surface area contributed by atoms with Gasteiger partial charge in [0.15, 0.2) is 0 Å². The number of nitrogens with zero attached hydrogens (tertiary/aromatic N) is 3. The highest BCUT2D eigenvalue weighted by molar-refractivity contribution is 5.77. The van der Waals surface area contributed by atoms with Gasteiger partial charge in [-0.25, -0.2) is 0 Å². The first-order chi connectivity index (χ1) is 20.5. The number of aromatic nitrogens is 1. The summed E-state index contributed by atoms with van der Waals surface area (Å²) < 4.78 is 79.7. The lowest BCUT2D eigenvalue weighted by atomic mass is 9.90. The number of allylic oxidation sites excluding steroid dienone is 3. The highest BCUT2D eigenvalue weighted by Gasteiger charge is 2.71. The van der Waals surface area contributed by atoms with Crippen LogP contribution >= 0.6 is 0 Å². The molecule has 6 nitrogen and oxygen atoms in total. The number of hydrogen-bond donors (Lipinski definition) is 2. The number of benzene rings is 1. The lowest BCUT2D eigenvalue weighted by Gasteiger charge is -2.41. The molecule has 1 saturated heterocycles. The number of hydrogen-bond acceptors (Lipinski definition) is 5. The Hall–Kier alpha value is -3.48. The Morgan fingerprint density at radius 3 is 2.14 bits per heavy atom. The summed E-state index contributed by atoms with van der Waals surface area (Å²) >= 11 is 0. The van der Waals surface area contributed by atoms with Crippen LogP contribution < -0.4 is 5.32 Å². The first-order valence-corrected chi connectivity index (χ1v) is 14.2. The highest BCUT2D eigenvalue weighted by Crippen LogP contribution is 2.48. The van der Waals surface area contributed by atoms with Crippen LogP contribution in [0.25, 0.3) is 5.57 Å². The van der Waals surface area contributed by atoms with Gasteiger partial charge in [-0.3, -0.25) is 19.6 Å². The van der Waals surface area contributed by atoms with E-state index in [4.69, 9.17) is 0 Å². The number of amides is 1. The lowest BCUT2D eigenvalue weighted by molar-refractivity contribution is -0.351. The van der Waals surface area contributed by atoms with Crippen LogP contribution in [-0.4, -0.2) is 75.5 Å². The fourth-order valence-electron chi connectivity index (χ4n) is 5.10. The van der Waals surface area contributed by atoms with Gasteiger partial charge in [-0.2, -0.15) is 26.3 Å². The standard InChI is InChI=1S/C32H38F6N4O2/c1-5-27(30(44,31(33,34)35)32(36,37)38)11-6-23(4)26-9-7-24(8-10-26)19-41-16-17-42(20-25-12-14-39-15-13-25)28(21-41)18-29(43)40-22(2)3/h5-15,22,28,44H,4,16-21H2,1-3H3,(H,40,43)/b11-6-,27-5+/t28-/m1/s1. The van der Waals surface area contributed by atoms with Crippen molar-refractivity contribution < 1.29 is 36.2 Å². The zero-order valence-electron chi connectivity index (χ0n) is 24.9. The second kappa shape index (κ2) is 14.5. The predicted octanol–water partition coefficient (Wildman–Crippen LogP) is 6.05. The number of nitrogens with one attached hydrogen (secondary N) is 1. The third kappa shape index (κ3) is 8.80. The van der Waals surface area contributed by atoms with Crippen LogP contribution in [0.2, 0.25) is 0 Å². The summed E-state index contributed by atoms with van der Waals surface area (Å²) in [7, 11) is 0. The Balaban J connectivity index is 1.69. The van der Waals surface area contributed by atoms with E-state index in [1.807, 2.05) is 38.1 Å². The molecule has 1 fully saturated rings. The fourth-order valence-corrected chi connectivity index (χ4v) is 5.10. The second-order valence-electron chi connectivity index (χ2n) is 11.1. The molecule has 0 aliphatic carbocycles. The molecule has 0 bridgehead atoms. The van der Waals surface area contributed by atoms with E-state index in [9.17, 15) is 36.2 Å². The van der Waals surface area contributed by atoms with Crippen LogP contribution in [0.1, 0.15) is 43.9 Å². The zero-order chi connectivity index (χ0) is 32.7. The minimum atomic E-state index is -5.97. The molecular weight excluding hydrogens is 586 g/mol. The summed E-state index contributed by atoms with van der Waals surface area (Å²) in [5, 5.41) is 12.6. The maximum atomic E-state index is 13.3. The summed E-state index contributed by atoms with van der Waals surface area (Å²) in [6.45, 7) is 12.0. The van der Waals surface area contributed by atoms with Crippen molar-refractivity contribution >= 4 is 11.5 Å². The van der Waals surface area contributed by atoms with E-state index in [1.165, 1.54) is 0 Å². The first kappa shape index (κ1) is 35.0. The van der Waals surface area contributed by atoms with Crippen molar-refractivity contribution in [1.82, 2.24) is 20.1 Å². The van der Waals surface area contributed by atoms with Gasteiger partial charge < -0.3 is 10.4 Å². The Labute approximate surface area is 253 Å². The normalized spacial score (nSPS) is 17.8. The second-order valence-corrected chi connectivity index (χ2v) is 11.1. The zero-order valence-corrected chi connectivity index (χ0v) is 24.9. The Kier molecular flexibility index (Phi) is 11.6. The smallest absolute Gasteiger partial charge is 0.370 e. The van der Waals surface area contributed by atoms with Gasteiger partial charge in [0, 0.05) is 63.6 Å². The Morgan fingerprint density at radius 1 is 1.00 bits per heavy atom. The molecule has 12 heteroatoms. The molecular formula is C32H38F6N4O2. The van der Waals surface area contributed by atoms with Crippen molar-refractivity contribution in [2.75, 3.05) is 19.6 Å². The molecule has 1 amide bonds. The number of carbonyl (C=O) groups is 1. The van der Waals surface area contributed by atoms with Gasteiger partial charge in [-0.05, 0) is 60.7 Å². The van der Waals surface area contributed by atoms with Gasteiger partial charge in [-0.1, -0.05) is 49.1 Å². The summed E-state index contributed by atoms with van der Waals surface area (Å²) in [4.78, 5) is 21.3. The quantitative estimate of drug-likeness (QED) is 0.235. The maximum Gasteiger partial charge on any atom is 0.430 e. The number of alkyl halides is 6. The highest BCUT2D eigenvalue weighted by atomic mass is 19.4. The van der Waals surface area contributed by atoms with E-state index in [2.05, 4.69) is 26.7 Å². The number of aliphatic hydroxyl groups is 1. The molecule has 1 aliphatic heterocycles. The molecule has 3 rings (SSSR count). The van der Waals surface area contributed by atoms with Gasteiger partial charge in [0.05, 0.1) is 0 Å². The van der Waals surface area contributed by atoms with Crippen molar-refractivity contribution in [1.29, 1.82) is 0 Å². The molecule has 2 aromatic rings. The fraction of sp³-hybridized carbons (Fsp3) is 0.438. The average molecular weight is 625 g/mol. The topological polar surface area (TPSA) is 68.7 Å². The van der Waals surface area contributed by atoms with E-state index in [0.717, 1.165) is 37.2 Å². The van der Waals surface area contributed by atoms with Gasteiger partial charge in [-0.15, -0.1) is 0 Å². The van der Waals surface area contributed by atoms with E-state index >= 15 is 0 Å². The lowest BCUT2D eigenvalue weighted by Crippen LogP contribution is -2.57. The molecule has 240 valence electrons. The molecule has 0 saturated carbocycles. The average Bonchev–Trinajstić information content (AvgIpc) is 2.93. The molecule has 2 heterocycles. The van der Waals surface area contributed by atoms with Crippen molar-refractivity contribution in [3.8, 4) is 0 Å². The molecule has 1 atom stereocenters. The van der Waals surface area contributed by atoms with Crippen molar-refractivity contribution in [2.24, 2.45) is 0 Å². The minimum absolute atomic E-state index is 0.0206. The third-order valence-corrected chi connectivity index (χ3v) is 7.44. The monoisotopic (exact) mass is 624 g/mol. The number of carbonyl (C=O) groups excluding carboxylic acids is 1. The van der Waals surface area contributed by atoms with E-state index in [-0.39, 0.29) is 23.6 Å². The predicted molar refractivity (Wildman–Crippen MR) is 157 cm³/mol. The number of halogens is 6. The molecule has 0 spiro atoms. The van der Waals surface area contributed by atoms with Crippen LogP contribution in [0, 0.1) is 0 Å². The summed E-state index contributed by atoms with van der Waals surface area (Å²) in [6.07, 6.45) is -5.94. The van der Waals surface area contributed by atoms with E-state index < -0.39 is 23.5 Å². The third-order valence-electron chi connectivity index (χ3n) is 7.44. The maximum absolute atomic E-state index is 13.3. The van der Waals surface area contributed by atoms with Gasteiger partial charge >= 0.3 is 12.4 Å². The van der Waals surface area contributed by atoms with Gasteiger partial charge in [0.2, 0.25) is 5.91 Å². The largest absolute Gasteiger partial charge is 0.430 e. The number of piperazine rings is 1. The molecule has 1 aromatic heterocycles. The van der Waals surface area contributed by atoms with Gasteiger partial charge in [0.25, 0.3) is 5.60 Å². The molecule has 0 unspecified atom stereocenters. The van der Waals surface area contributed by atoms with E-state index in [1.54, 1.807) is 24.5 Å². The molecule has 44 heavy (non-hydrogen) atoms. The molecule has 1 aliphatic rings. The van der Waals surface area contributed by atoms with Gasteiger partial charge in [0.1, 0.15) is 0 Å². The van der Waals surface area contributed by atoms with Crippen molar-refractivity contribution in [3.63, 3.8) is 0 Å². The number of pyridine rings is 1. The molecule has 2 N–H and O–H groups in total. The van der Waals surface area contributed by atoms with E-state index in [0.29, 0.717) is 43.8 Å². The number of rotatable bonds is 11. The Morgan fingerprint density at radius 2 is 1.59 bits per heavy atom. The van der Waals surface area contributed by atoms with Crippen LogP contribution in [0.5, 0.6) is 0 Å². The molecule has 0 radical (unpaired) electrons. The van der Waals surface area contributed by atoms with Crippen LogP contribution in [0.3, 0.4) is 0 Å². The van der Waals surface area contributed by atoms with Crippen LogP contribution in [-0.2, 0) is 17.9 Å². The minimum Gasteiger partial charge on any atom is -0.370 e. The summed E-state index contributed by atoms with van der Waals surface area (Å²) in [5.41, 5.74) is -3.65. The van der Waals surface area contributed by atoms with Crippen LogP contribution in [0.4, 0.5) is 26.3 Å². The summed E-state index contributed by atoms with van der Waals surface area (Å²) in [6, 6.07) is 10.9. The Bertz CT molecular complexity index is 1310. The van der Waals surface area contributed by atoms with Crippen molar-refractivity contribution in [2.45, 2.75) is 70.3 Å². The summed E-state index contributed by atoms with van der Waals surface area (Å²) in [5.74, 6) is -0.0209. The molecule has 1 aromatic carbocycles. The first-order valence-electron chi connectivity index (χ1n) is 14.2.